The van der Waals surface area contributed by atoms with Crippen LogP contribution in [0.2, 0.25) is 0 Å². The third-order valence-electron chi connectivity index (χ3n) is 4.40. The van der Waals surface area contributed by atoms with Gasteiger partial charge in [0.05, 0.1) is 0 Å². The van der Waals surface area contributed by atoms with Crippen LogP contribution in [0.1, 0.15) is 51.4 Å². The van der Waals surface area contributed by atoms with E-state index < -0.39 is 0 Å². The van der Waals surface area contributed by atoms with E-state index in [1.807, 2.05) is 4.90 Å². The van der Waals surface area contributed by atoms with Gasteiger partial charge in [0.25, 0.3) is 0 Å². The number of urea groups is 1. The molecule has 4 nitrogen and oxygen atoms in total. The zero-order valence-electron chi connectivity index (χ0n) is 11.2. The molecule has 0 aromatic carbocycles. The Hall–Kier alpha value is -0.770. The number of rotatable bonds is 5. The first-order valence-electron chi connectivity index (χ1n) is 7.46. The van der Waals surface area contributed by atoms with Crippen LogP contribution in [0.5, 0.6) is 0 Å². The van der Waals surface area contributed by atoms with Crippen LogP contribution in [0.4, 0.5) is 4.79 Å². The molecule has 0 aromatic heterocycles. The van der Waals surface area contributed by atoms with Crippen molar-refractivity contribution < 1.29 is 9.90 Å². The second-order valence-electron chi connectivity index (χ2n) is 5.67. The minimum atomic E-state index is 0.0764. The van der Waals surface area contributed by atoms with Gasteiger partial charge < -0.3 is 15.3 Å². The van der Waals surface area contributed by atoms with Crippen molar-refractivity contribution in [2.24, 2.45) is 5.92 Å². The maximum Gasteiger partial charge on any atom is 0.317 e. The first kappa shape index (κ1) is 13.7. The first-order chi connectivity index (χ1) is 8.81. The largest absolute Gasteiger partial charge is 0.396 e. The molecule has 0 aromatic rings. The maximum atomic E-state index is 12.1. The van der Waals surface area contributed by atoms with Gasteiger partial charge >= 0.3 is 6.03 Å². The predicted molar refractivity (Wildman–Crippen MR) is 71.4 cm³/mol. The minimum Gasteiger partial charge on any atom is -0.396 e. The van der Waals surface area contributed by atoms with Crippen LogP contribution in [-0.4, -0.2) is 41.8 Å². The lowest BCUT2D eigenvalue weighted by Gasteiger charge is -2.35. The molecule has 2 rings (SSSR count). The quantitative estimate of drug-likeness (QED) is 0.789. The third-order valence-corrected chi connectivity index (χ3v) is 4.40. The van der Waals surface area contributed by atoms with Gasteiger partial charge in [0, 0.05) is 25.7 Å². The van der Waals surface area contributed by atoms with Gasteiger partial charge in [-0.1, -0.05) is 19.3 Å². The van der Waals surface area contributed by atoms with Crippen molar-refractivity contribution in [3.05, 3.63) is 0 Å². The highest BCUT2D eigenvalue weighted by molar-refractivity contribution is 5.74. The van der Waals surface area contributed by atoms with E-state index in [4.69, 9.17) is 5.11 Å². The normalized spacial score (nSPS) is 24.7. The van der Waals surface area contributed by atoms with Crippen LogP contribution in [0, 0.1) is 5.92 Å². The van der Waals surface area contributed by atoms with Crippen molar-refractivity contribution in [3.63, 3.8) is 0 Å². The molecule has 1 aliphatic heterocycles. The van der Waals surface area contributed by atoms with Gasteiger partial charge in [-0.2, -0.15) is 0 Å². The van der Waals surface area contributed by atoms with E-state index in [0.29, 0.717) is 0 Å². The molecule has 2 fully saturated rings. The predicted octanol–water partition coefficient (Wildman–Crippen LogP) is 2.12. The van der Waals surface area contributed by atoms with E-state index in [2.05, 4.69) is 5.32 Å². The molecule has 1 atom stereocenters. The fourth-order valence-corrected chi connectivity index (χ4v) is 2.98. The standard InChI is InChI=1S/C14H26N2O2/c17-11-8-13-6-1-2-10-16(13)14(18)15-9-7-12-4-3-5-12/h12-13,17H,1-11H2,(H,15,18). The summed E-state index contributed by atoms with van der Waals surface area (Å²) in [6.45, 7) is 1.84. The van der Waals surface area contributed by atoms with Crippen LogP contribution in [0.25, 0.3) is 0 Å². The van der Waals surface area contributed by atoms with E-state index in [0.717, 1.165) is 44.7 Å². The Kier molecular flexibility index (Phi) is 5.29. The summed E-state index contributed by atoms with van der Waals surface area (Å²) in [6.07, 6.45) is 9.20. The van der Waals surface area contributed by atoms with Crippen molar-refractivity contribution >= 4 is 6.03 Å². The number of likely N-dealkylation sites (tertiary alicyclic amines) is 1. The lowest BCUT2D eigenvalue weighted by Crippen LogP contribution is -2.49. The molecule has 1 aliphatic carbocycles. The molecule has 0 spiro atoms. The molecule has 4 heteroatoms. The number of nitrogens with one attached hydrogen (secondary N) is 1. The Morgan fingerprint density at radius 2 is 2.00 bits per heavy atom. The molecule has 0 bridgehead atoms. The molecule has 1 unspecified atom stereocenters. The molecule has 1 saturated carbocycles. The Morgan fingerprint density at radius 3 is 2.67 bits per heavy atom. The van der Waals surface area contributed by atoms with Gasteiger partial charge in [-0.25, -0.2) is 4.79 Å². The molecule has 0 radical (unpaired) electrons. The SMILES string of the molecule is O=C(NCCC1CCC1)N1CCCCC1CCO. The maximum absolute atomic E-state index is 12.1. The number of piperidine rings is 1. The smallest absolute Gasteiger partial charge is 0.317 e. The average Bonchev–Trinajstić information content (AvgIpc) is 2.33. The highest BCUT2D eigenvalue weighted by Gasteiger charge is 2.26. The van der Waals surface area contributed by atoms with E-state index in [1.165, 1.54) is 25.7 Å². The van der Waals surface area contributed by atoms with E-state index >= 15 is 0 Å². The number of hydrogen-bond donors (Lipinski definition) is 2. The lowest BCUT2D eigenvalue weighted by atomic mass is 9.83. The molecule has 1 saturated heterocycles. The Labute approximate surface area is 110 Å². The summed E-state index contributed by atoms with van der Waals surface area (Å²) >= 11 is 0. The summed E-state index contributed by atoms with van der Waals surface area (Å²) in [4.78, 5) is 14.0. The molecule has 104 valence electrons. The first-order valence-corrected chi connectivity index (χ1v) is 7.46. The van der Waals surface area contributed by atoms with Gasteiger partial charge in [-0.15, -0.1) is 0 Å². The van der Waals surface area contributed by atoms with Crippen LogP contribution < -0.4 is 5.32 Å². The van der Waals surface area contributed by atoms with Crippen LogP contribution in [0.15, 0.2) is 0 Å². The second-order valence-corrected chi connectivity index (χ2v) is 5.67. The number of carbonyl (C=O) groups is 1. The van der Waals surface area contributed by atoms with Gasteiger partial charge in [-0.3, -0.25) is 0 Å². The molecule has 18 heavy (non-hydrogen) atoms. The van der Waals surface area contributed by atoms with Gasteiger partial charge in [-0.05, 0) is 38.0 Å². The molecular formula is C14H26N2O2. The molecule has 2 N–H and O–H groups in total. The third kappa shape index (κ3) is 3.61. The number of hydrogen-bond acceptors (Lipinski definition) is 2. The molecule has 1 heterocycles. The molecular weight excluding hydrogens is 228 g/mol. The molecule has 2 aliphatic rings. The van der Waals surface area contributed by atoms with Crippen molar-refractivity contribution in [1.82, 2.24) is 10.2 Å². The highest BCUT2D eigenvalue weighted by atomic mass is 16.3. The number of carbonyl (C=O) groups excluding carboxylic acids is 1. The minimum absolute atomic E-state index is 0.0764. The fourth-order valence-electron chi connectivity index (χ4n) is 2.98. The average molecular weight is 254 g/mol. The van der Waals surface area contributed by atoms with Crippen molar-refractivity contribution in [2.75, 3.05) is 19.7 Å². The monoisotopic (exact) mass is 254 g/mol. The topological polar surface area (TPSA) is 52.6 Å². The molecule has 2 amide bonds. The van der Waals surface area contributed by atoms with E-state index in [-0.39, 0.29) is 18.7 Å². The Balaban J connectivity index is 1.70. The second kappa shape index (κ2) is 6.98. The van der Waals surface area contributed by atoms with Crippen LogP contribution >= 0.6 is 0 Å². The summed E-state index contributed by atoms with van der Waals surface area (Å²) < 4.78 is 0. The summed E-state index contributed by atoms with van der Waals surface area (Å²) in [6, 6.07) is 0.319. The van der Waals surface area contributed by atoms with Gasteiger partial charge in [0.1, 0.15) is 0 Å². The zero-order valence-corrected chi connectivity index (χ0v) is 11.2. The number of nitrogens with zero attached hydrogens (tertiary/aromatic N) is 1. The Morgan fingerprint density at radius 1 is 1.17 bits per heavy atom. The van der Waals surface area contributed by atoms with Gasteiger partial charge in [0.2, 0.25) is 0 Å². The summed E-state index contributed by atoms with van der Waals surface area (Å²) in [5.74, 6) is 0.847. The number of aliphatic hydroxyl groups excluding tert-OH is 1. The summed E-state index contributed by atoms with van der Waals surface area (Å²) in [5, 5.41) is 12.1. The highest BCUT2D eigenvalue weighted by Crippen LogP contribution is 2.28. The summed E-state index contributed by atoms with van der Waals surface area (Å²) in [5.41, 5.74) is 0. The fraction of sp³-hybridized carbons (Fsp3) is 0.929. The van der Waals surface area contributed by atoms with E-state index in [1.54, 1.807) is 0 Å². The Bertz CT molecular complexity index is 265. The van der Waals surface area contributed by atoms with Crippen LogP contribution in [0.3, 0.4) is 0 Å². The number of amides is 2. The van der Waals surface area contributed by atoms with Crippen molar-refractivity contribution in [2.45, 2.75) is 57.4 Å². The zero-order chi connectivity index (χ0) is 12.8. The summed E-state index contributed by atoms with van der Waals surface area (Å²) in [7, 11) is 0. The lowest BCUT2D eigenvalue weighted by molar-refractivity contribution is 0.131. The van der Waals surface area contributed by atoms with Crippen molar-refractivity contribution in [3.8, 4) is 0 Å². The van der Waals surface area contributed by atoms with Crippen LogP contribution in [-0.2, 0) is 0 Å². The number of aliphatic hydroxyl groups is 1. The van der Waals surface area contributed by atoms with Crippen molar-refractivity contribution in [1.29, 1.82) is 0 Å². The van der Waals surface area contributed by atoms with Gasteiger partial charge in [0.15, 0.2) is 0 Å². The van der Waals surface area contributed by atoms with E-state index in [9.17, 15) is 4.79 Å².